The second-order valence-electron chi connectivity index (χ2n) is 6.28. The van der Waals surface area contributed by atoms with Crippen molar-refractivity contribution >= 4 is 39.2 Å². The zero-order chi connectivity index (χ0) is 21.8. The standard InChI is InChI=1S/C22H13N3O5S/c23-9-14(7-13-5-6-18-19(8-13)30-12-29-18)22(27)28-11-17(26)15(10-24)21-25-16-3-1-2-4-20(16)31-21/h1-8,26H,11-12H2/b14-7+,17-15-. The molecule has 3 aromatic rings. The van der Waals surface area contributed by atoms with Gasteiger partial charge in [0.05, 0.1) is 10.2 Å². The van der Waals surface area contributed by atoms with E-state index in [2.05, 4.69) is 4.98 Å². The minimum absolute atomic E-state index is 0.0905. The van der Waals surface area contributed by atoms with Crippen LogP contribution < -0.4 is 9.47 Å². The quantitative estimate of drug-likeness (QED) is 0.278. The molecule has 1 aliphatic heterocycles. The van der Waals surface area contributed by atoms with Gasteiger partial charge in [-0.3, -0.25) is 0 Å². The molecule has 8 nitrogen and oxygen atoms in total. The summed E-state index contributed by atoms with van der Waals surface area (Å²) in [6.07, 6.45) is 1.34. The third-order valence-corrected chi connectivity index (χ3v) is 5.35. The van der Waals surface area contributed by atoms with Crippen molar-refractivity contribution < 1.29 is 24.1 Å². The number of ether oxygens (including phenoxy) is 3. The fourth-order valence-electron chi connectivity index (χ4n) is 2.81. The highest BCUT2D eigenvalue weighted by Gasteiger charge is 2.18. The third kappa shape index (κ3) is 4.17. The van der Waals surface area contributed by atoms with Gasteiger partial charge in [-0.1, -0.05) is 18.2 Å². The Morgan fingerprint density at radius 2 is 2.00 bits per heavy atom. The first-order chi connectivity index (χ1) is 15.1. The van der Waals surface area contributed by atoms with Gasteiger partial charge < -0.3 is 19.3 Å². The summed E-state index contributed by atoms with van der Waals surface area (Å²) in [7, 11) is 0. The minimum Gasteiger partial charge on any atom is -0.507 e. The average Bonchev–Trinajstić information content (AvgIpc) is 3.42. The molecule has 152 valence electrons. The molecule has 0 spiro atoms. The summed E-state index contributed by atoms with van der Waals surface area (Å²) in [5.41, 5.74) is 0.876. The van der Waals surface area contributed by atoms with Crippen LogP contribution in [0.5, 0.6) is 11.5 Å². The van der Waals surface area contributed by atoms with E-state index in [9.17, 15) is 20.4 Å². The Balaban J connectivity index is 1.50. The first kappa shape index (κ1) is 20.0. The summed E-state index contributed by atoms with van der Waals surface area (Å²) in [6, 6.07) is 15.9. The maximum absolute atomic E-state index is 12.3. The van der Waals surface area contributed by atoms with Gasteiger partial charge in [-0.25, -0.2) is 9.78 Å². The summed E-state index contributed by atoms with van der Waals surface area (Å²) in [6.45, 7) is -0.463. The number of aliphatic hydroxyl groups is 1. The van der Waals surface area contributed by atoms with E-state index in [-0.39, 0.29) is 17.9 Å². The number of nitrogens with zero attached hydrogens (tertiary/aromatic N) is 3. The van der Waals surface area contributed by atoms with E-state index in [0.717, 1.165) is 4.70 Å². The topological polar surface area (TPSA) is 125 Å². The lowest BCUT2D eigenvalue weighted by molar-refractivity contribution is -0.138. The number of hydrogen-bond donors (Lipinski definition) is 1. The van der Waals surface area contributed by atoms with Crippen LogP contribution in [0.15, 0.2) is 53.8 Å². The first-order valence-corrected chi connectivity index (χ1v) is 9.77. The molecule has 0 atom stereocenters. The number of para-hydroxylation sites is 1. The summed E-state index contributed by atoms with van der Waals surface area (Å²) in [4.78, 5) is 16.6. The SMILES string of the molecule is N#C/C(=C(/O)COC(=O)/C(C#N)=C/c1ccc2c(c1)OCO2)c1nc2ccccc2s1. The van der Waals surface area contributed by atoms with Crippen LogP contribution in [0.1, 0.15) is 10.6 Å². The summed E-state index contributed by atoms with van der Waals surface area (Å²) in [5, 5.41) is 29.4. The highest BCUT2D eigenvalue weighted by Crippen LogP contribution is 2.33. The molecule has 4 rings (SSSR count). The van der Waals surface area contributed by atoms with Crippen LogP contribution in [-0.4, -0.2) is 29.5 Å². The van der Waals surface area contributed by atoms with Crippen LogP contribution in [0, 0.1) is 22.7 Å². The van der Waals surface area contributed by atoms with E-state index in [4.69, 9.17) is 14.2 Å². The highest BCUT2D eigenvalue weighted by molar-refractivity contribution is 7.19. The van der Waals surface area contributed by atoms with Crippen molar-refractivity contribution in [2.75, 3.05) is 13.4 Å². The summed E-state index contributed by atoms with van der Waals surface area (Å²) in [5.74, 6) is -0.301. The first-order valence-electron chi connectivity index (χ1n) is 8.96. The number of hydrogen-bond acceptors (Lipinski definition) is 9. The molecule has 0 amide bonds. The van der Waals surface area contributed by atoms with Gasteiger partial charge in [-0.15, -0.1) is 11.3 Å². The van der Waals surface area contributed by atoms with Gasteiger partial charge in [0, 0.05) is 0 Å². The molecule has 0 fully saturated rings. The Morgan fingerprint density at radius 3 is 2.77 bits per heavy atom. The number of carbonyl (C=O) groups is 1. The fourth-order valence-corrected chi connectivity index (χ4v) is 3.79. The number of aliphatic hydroxyl groups excluding tert-OH is 1. The smallest absolute Gasteiger partial charge is 0.349 e. The van der Waals surface area contributed by atoms with Gasteiger partial charge in [0.2, 0.25) is 6.79 Å². The number of esters is 1. The van der Waals surface area contributed by atoms with Crippen LogP contribution in [-0.2, 0) is 9.53 Å². The number of fused-ring (bicyclic) bond motifs is 2. The van der Waals surface area contributed by atoms with Gasteiger partial charge >= 0.3 is 5.97 Å². The molecule has 1 aliphatic rings. The van der Waals surface area contributed by atoms with Crippen molar-refractivity contribution in [1.82, 2.24) is 4.98 Å². The Labute approximate surface area is 180 Å². The molecule has 2 aromatic carbocycles. The second-order valence-corrected chi connectivity index (χ2v) is 7.31. The van der Waals surface area contributed by atoms with Crippen LogP contribution in [0.2, 0.25) is 0 Å². The average molecular weight is 431 g/mol. The predicted molar refractivity (Wildman–Crippen MR) is 112 cm³/mol. The van der Waals surface area contributed by atoms with E-state index >= 15 is 0 Å². The molecule has 0 radical (unpaired) electrons. The predicted octanol–water partition coefficient (Wildman–Crippen LogP) is 3.97. The number of benzene rings is 2. The Bertz CT molecular complexity index is 1290. The van der Waals surface area contributed by atoms with Crippen molar-refractivity contribution in [2.45, 2.75) is 0 Å². The summed E-state index contributed by atoms with van der Waals surface area (Å²) >= 11 is 1.24. The van der Waals surface area contributed by atoms with E-state index in [0.29, 0.717) is 27.6 Å². The zero-order valence-corrected chi connectivity index (χ0v) is 16.7. The molecule has 0 saturated heterocycles. The highest BCUT2D eigenvalue weighted by atomic mass is 32.1. The lowest BCUT2D eigenvalue weighted by Gasteiger charge is -2.05. The Kier molecular flexibility index (Phi) is 5.52. The molecular formula is C22H13N3O5S. The second kappa shape index (κ2) is 8.57. The van der Waals surface area contributed by atoms with Crippen LogP contribution >= 0.6 is 11.3 Å². The Morgan fingerprint density at radius 1 is 1.19 bits per heavy atom. The molecule has 0 saturated carbocycles. The number of aromatic nitrogens is 1. The largest absolute Gasteiger partial charge is 0.507 e. The molecule has 2 heterocycles. The number of thiazole rings is 1. The fraction of sp³-hybridized carbons (Fsp3) is 0.0909. The van der Waals surface area contributed by atoms with E-state index in [1.165, 1.54) is 17.4 Å². The maximum atomic E-state index is 12.3. The molecule has 0 aliphatic carbocycles. The molecule has 0 bridgehead atoms. The van der Waals surface area contributed by atoms with E-state index in [1.54, 1.807) is 30.3 Å². The van der Waals surface area contributed by atoms with Gasteiger partial charge in [0.25, 0.3) is 0 Å². The van der Waals surface area contributed by atoms with Crippen LogP contribution in [0.3, 0.4) is 0 Å². The lowest BCUT2D eigenvalue weighted by Crippen LogP contribution is -2.10. The van der Waals surface area contributed by atoms with Crippen molar-refractivity contribution in [1.29, 1.82) is 10.5 Å². The molecule has 9 heteroatoms. The third-order valence-electron chi connectivity index (χ3n) is 4.30. The molecule has 1 N–H and O–H groups in total. The van der Waals surface area contributed by atoms with Gasteiger partial charge in [0.15, 0.2) is 17.3 Å². The van der Waals surface area contributed by atoms with Gasteiger partial charge in [-0.2, -0.15) is 10.5 Å². The van der Waals surface area contributed by atoms with Crippen LogP contribution in [0.25, 0.3) is 21.9 Å². The number of carbonyl (C=O) groups excluding carboxylic acids is 1. The van der Waals surface area contributed by atoms with Crippen molar-refractivity contribution in [3.8, 4) is 23.6 Å². The monoisotopic (exact) mass is 431 g/mol. The number of nitriles is 2. The van der Waals surface area contributed by atoms with Crippen molar-refractivity contribution in [3.05, 3.63) is 64.4 Å². The zero-order valence-electron chi connectivity index (χ0n) is 15.9. The minimum atomic E-state index is -0.937. The van der Waals surface area contributed by atoms with Gasteiger partial charge in [-0.05, 0) is 35.9 Å². The van der Waals surface area contributed by atoms with E-state index in [1.807, 2.05) is 24.3 Å². The normalized spacial score (nSPS) is 13.3. The molecule has 31 heavy (non-hydrogen) atoms. The van der Waals surface area contributed by atoms with Gasteiger partial charge in [0.1, 0.15) is 34.9 Å². The lowest BCUT2D eigenvalue weighted by atomic mass is 10.1. The van der Waals surface area contributed by atoms with Crippen LogP contribution in [0.4, 0.5) is 0 Å². The van der Waals surface area contributed by atoms with Crippen molar-refractivity contribution in [3.63, 3.8) is 0 Å². The van der Waals surface area contributed by atoms with E-state index < -0.39 is 18.3 Å². The molecule has 0 unspecified atom stereocenters. The summed E-state index contributed by atoms with van der Waals surface area (Å²) < 4.78 is 16.4. The number of allylic oxidation sites excluding steroid dienone is 1. The molecule has 1 aromatic heterocycles. The Hall–Kier alpha value is -4.34. The molecular weight excluding hydrogens is 418 g/mol. The maximum Gasteiger partial charge on any atom is 0.349 e. The van der Waals surface area contributed by atoms with Crippen molar-refractivity contribution in [2.24, 2.45) is 0 Å². The number of rotatable bonds is 5.